The van der Waals surface area contributed by atoms with Crippen LogP contribution >= 0.6 is 12.2 Å². The first-order valence-corrected chi connectivity index (χ1v) is 5.92. The molecule has 1 aliphatic rings. The number of ether oxygens (including phenoxy) is 1. The third-order valence-corrected chi connectivity index (χ3v) is 2.58. The molecule has 0 aromatic heterocycles. The van der Waals surface area contributed by atoms with Crippen LogP contribution in [-0.2, 0) is 14.3 Å². The van der Waals surface area contributed by atoms with Gasteiger partial charge in [0.25, 0.3) is 0 Å². The molecule has 0 aliphatic carbocycles. The maximum absolute atomic E-state index is 11.4. The second-order valence-electron chi connectivity index (χ2n) is 3.94. The molecule has 0 spiro atoms. The molecular weight excluding hydrogens is 242 g/mol. The number of nitrogens with one attached hydrogen (secondary N) is 2. The minimum atomic E-state index is -0.713. The van der Waals surface area contributed by atoms with Gasteiger partial charge in [-0.2, -0.15) is 0 Å². The van der Waals surface area contributed by atoms with Crippen molar-refractivity contribution in [1.82, 2.24) is 10.6 Å². The lowest BCUT2D eigenvalue weighted by atomic mass is 10.0. The molecule has 17 heavy (non-hydrogen) atoms. The molecule has 2 amide bonds. The van der Waals surface area contributed by atoms with Crippen molar-refractivity contribution in [2.75, 3.05) is 26.3 Å². The molecule has 0 bridgehead atoms. The summed E-state index contributed by atoms with van der Waals surface area (Å²) in [6, 6.07) is 0. The molecule has 6 nitrogen and oxygen atoms in total. The zero-order chi connectivity index (χ0) is 12.7. The zero-order valence-corrected chi connectivity index (χ0v) is 10.3. The molecule has 0 aromatic carbocycles. The normalized spacial score (nSPS) is 19.4. The number of amides is 2. The maximum Gasteiger partial charge on any atom is 0.309 e. The van der Waals surface area contributed by atoms with Gasteiger partial charge in [0.05, 0.1) is 18.1 Å². The third-order valence-electron chi connectivity index (χ3n) is 2.44. The van der Waals surface area contributed by atoms with E-state index < -0.39 is 11.8 Å². The summed E-state index contributed by atoms with van der Waals surface area (Å²) >= 11 is 4.58. The van der Waals surface area contributed by atoms with Crippen LogP contribution in [0.2, 0.25) is 0 Å². The Kier molecular flexibility index (Phi) is 5.85. The van der Waals surface area contributed by atoms with Gasteiger partial charge < -0.3 is 21.1 Å². The molecule has 4 N–H and O–H groups in total. The van der Waals surface area contributed by atoms with E-state index in [1.807, 2.05) is 0 Å². The summed E-state index contributed by atoms with van der Waals surface area (Å²) in [6.45, 7) is 1.90. The van der Waals surface area contributed by atoms with E-state index in [1.165, 1.54) is 0 Å². The summed E-state index contributed by atoms with van der Waals surface area (Å²) in [5, 5.41) is 4.88. The minimum Gasteiger partial charge on any atom is -0.392 e. The second-order valence-corrected chi connectivity index (χ2v) is 4.47. The van der Waals surface area contributed by atoms with E-state index in [0.717, 1.165) is 19.4 Å². The van der Waals surface area contributed by atoms with Gasteiger partial charge in [-0.3, -0.25) is 9.59 Å². The number of carbonyl (C=O) groups is 2. The van der Waals surface area contributed by atoms with E-state index in [2.05, 4.69) is 22.9 Å². The number of nitrogens with two attached hydrogens (primary N) is 1. The Labute approximate surface area is 105 Å². The molecule has 1 saturated heterocycles. The Morgan fingerprint density at radius 3 is 2.65 bits per heavy atom. The van der Waals surface area contributed by atoms with Crippen molar-refractivity contribution in [3.05, 3.63) is 0 Å². The summed E-state index contributed by atoms with van der Waals surface area (Å²) in [5.74, 6) is -1.09. The van der Waals surface area contributed by atoms with Crippen LogP contribution in [0.3, 0.4) is 0 Å². The molecule has 1 aliphatic heterocycles. The molecule has 0 radical (unpaired) electrons. The monoisotopic (exact) mass is 259 g/mol. The lowest BCUT2D eigenvalue weighted by Crippen LogP contribution is -2.44. The fraction of sp³-hybridized carbons (Fsp3) is 0.700. The molecular formula is C10H17N3O3S. The van der Waals surface area contributed by atoms with Crippen LogP contribution < -0.4 is 16.4 Å². The van der Waals surface area contributed by atoms with Gasteiger partial charge in [0.15, 0.2) is 0 Å². The van der Waals surface area contributed by atoms with E-state index >= 15 is 0 Å². The molecule has 7 heteroatoms. The van der Waals surface area contributed by atoms with Crippen LogP contribution in [0.15, 0.2) is 0 Å². The lowest BCUT2D eigenvalue weighted by molar-refractivity contribution is -0.139. The van der Waals surface area contributed by atoms with Gasteiger partial charge in [-0.15, -0.1) is 0 Å². The molecule has 1 heterocycles. The average molecular weight is 259 g/mol. The fourth-order valence-electron chi connectivity index (χ4n) is 1.53. The molecule has 96 valence electrons. The highest BCUT2D eigenvalue weighted by Gasteiger charge is 2.17. The zero-order valence-electron chi connectivity index (χ0n) is 9.53. The van der Waals surface area contributed by atoms with Crippen LogP contribution in [0.25, 0.3) is 0 Å². The maximum atomic E-state index is 11.4. The van der Waals surface area contributed by atoms with Crippen molar-refractivity contribution in [3.8, 4) is 0 Å². The Morgan fingerprint density at radius 2 is 2.06 bits per heavy atom. The van der Waals surface area contributed by atoms with Crippen molar-refractivity contribution in [1.29, 1.82) is 0 Å². The summed E-state index contributed by atoms with van der Waals surface area (Å²) < 4.78 is 5.27. The third kappa shape index (κ3) is 5.60. The van der Waals surface area contributed by atoms with Crippen molar-refractivity contribution in [2.45, 2.75) is 12.8 Å². The number of thiocarbonyl (C=S) groups is 1. The number of carbonyl (C=O) groups excluding carboxylic acids is 2. The number of hydrogen-bond acceptors (Lipinski definition) is 4. The largest absolute Gasteiger partial charge is 0.392 e. The molecule has 1 atom stereocenters. The first-order chi connectivity index (χ1) is 8.09. The van der Waals surface area contributed by atoms with Crippen LogP contribution in [0.1, 0.15) is 12.8 Å². The topological polar surface area (TPSA) is 93.5 Å². The van der Waals surface area contributed by atoms with Gasteiger partial charge >= 0.3 is 11.8 Å². The predicted octanol–water partition coefficient (Wildman–Crippen LogP) is -1.07. The van der Waals surface area contributed by atoms with Gasteiger partial charge in [-0.05, 0) is 18.8 Å². The first kappa shape index (κ1) is 13.9. The predicted molar refractivity (Wildman–Crippen MR) is 66.3 cm³/mol. The Hall–Kier alpha value is -1.21. The number of rotatable bonds is 4. The van der Waals surface area contributed by atoms with Crippen LogP contribution in [-0.4, -0.2) is 43.1 Å². The van der Waals surface area contributed by atoms with Crippen molar-refractivity contribution in [3.63, 3.8) is 0 Å². The van der Waals surface area contributed by atoms with E-state index in [4.69, 9.17) is 10.5 Å². The summed E-state index contributed by atoms with van der Waals surface area (Å²) in [6.07, 6.45) is 2.00. The minimum absolute atomic E-state index is 0.0358. The van der Waals surface area contributed by atoms with Gasteiger partial charge in [-0.1, -0.05) is 12.2 Å². The quantitative estimate of drug-likeness (QED) is 0.441. The second kappa shape index (κ2) is 7.18. The van der Waals surface area contributed by atoms with Gasteiger partial charge in [0, 0.05) is 13.2 Å². The molecule has 1 unspecified atom stereocenters. The summed E-state index contributed by atoms with van der Waals surface area (Å²) in [7, 11) is 0. The van der Waals surface area contributed by atoms with Gasteiger partial charge in [0.1, 0.15) is 0 Å². The van der Waals surface area contributed by atoms with Gasteiger partial charge in [0.2, 0.25) is 0 Å². The highest BCUT2D eigenvalue weighted by molar-refractivity contribution is 7.80. The standard InChI is InChI=1S/C10H17N3O3S/c11-8(17)5-13-10(15)9(14)12-4-7-2-1-3-16-6-7/h7H,1-6H2,(H2,11,17)(H,12,14)(H,13,15). The first-order valence-electron chi connectivity index (χ1n) is 5.51. The summed E-state index contributed by atoms with van der Waals surface area (Å²) in [4.78, 5) is 22.7. The van der Waals surface area contributed by atoms with E-state index in [-0.39, 0.29) is 17.5 Å². The Morgan fingerprint density at radius 1 is 1.35 bits per heavy atom. The lowest BCUT2D eigenvalue weighted by Gasteiger charge is -2.21. The van der Waals surface area contributed by atoms with E-state index in [9.17, 15) is 9.59 Å². The van der Waals surface area contributed by atoms with Crippen LogP contribution in [0, 0.1) is 5.92 Å². The molecule has 0 saturated carbocycles. The molecule has 0 aromatic rings. The SMILES string of the molecule is NC(=S)CNC(=O)C(=O)NCC1CCCOC1. The van der Waals surface area contributed by atoms with Crippen LogP contribution in [0.5, 0.6) is 0 Å². The highest BCUT2D eigenvalue weighted by atomic mass is 32.1. The van der Waals surface area contributed by atoms with Crippen LogP contribution in [0.4, 0.5) is 0 Å². The Bertz CT molecular complexity index is 303. The summed E-state index contributed by atoms with van der Waals surface area (Å²) in [5.41, 5.74) is 5.20. The van der Waals surface area contributed by atoms with E-state index in [1.54, 1.807) is 0 Å². The smallest absolute Gasteiger partial charge is 0.309 e. The molecule has 1 rings (SSSR count). The molecule has 1 fully saturated rings. The van der Waals surface area contributed by atoms with Crippen molar-refractivity contribution < 1.29 is 14.3 Å². The highest BCUT2D eigenvalue weighted by Crippen LogP contribution is 2.11. The number of hydrogen-bond donors (Lipinski definition) is 3. The fourth-order valence-corrected chi connectivity index (χ4v) is 1.61. The van der Waals surface area contributed by atoms with Crippen molar-refractivity contribution >= 4 is 29.0 Å². The average Bonchev–Trinajstić information content (AvgIpc) is 2.34. The Balaban J connectivity index is 2.19. The van der Waals surface area contributed by atoms with E-state index in [0.29, 0.717) is 13.2 Å². The van der Waals surface area contributed by atoms with Crippen molar-refractivity contribution in [2.24, 2.45) is 11.7 Å². The van der Waals surface area contributed by atoms with Gasteiger partial charge in [-0.25, -0.2) is 0 Å².